The Morgan fingerprint density at radius 2 is 2.11 bits per heavy atom. The molecule has 5 nitrogen and oxygen atoms in total. The highest BCUT2D eigenvalue weighted by Crippen LogP contribution is 2.30. The van der Waals surface area contributed by atoms with Gasteiger partial charge in [-0.2, -0.15) is 0 Å². The second-order valence-corrected chi connectivity index (χ2v) is 4.87. The molecule has 19 heavy (non-hydrogen) atoms. The Morgan fingerprint density at radius 1 is 1.42 bits per heavy atom. The predicted octanol–water partition coefficient (Wildman–Crippen LogP) is 3.03. The van der Waals surface area contributed by atoms with E-state index in [4.69, 9.17) is 5.73 Å². The highest BCUT2D eigenvalue weighted by Gasteiger charge is 2.24. The Hall–Kier alpha value is -2.21. The van der Waals surface area contributed by atoms with Crippen LogP contribution in [0.4, 0.5) is 10.7 Å². The molecule has 0 bridgehead atoms. The lowest BCUT2D eigenvalue weighted by atomic mass is 9.99. The van der Waals surface area contributed by atoms with Crippen LogP contribution in [-0.2, 0) is 6.42 Å². The van der Waals surface area contributed by atoms with Gasteiger partial charge >= 0.3 is 0 Å². The van der Waals surface area contributed by atoms with Crippen molar-refractivity contribution in [1.82, 2.24) is 0 Å². The third-order valence-corrected chi connectivity index (χ3v) is 3.71. The van der Waals surface area contributed by atoms with Gasteiger partial charge in [0.05, 0.1) is 15.5 Å². The molecule has 0 amide bonds. The fourth-order valence-corrected chi connectivity index (χ4v) is 2.78. The highest BCUT2D eigenvalue weighted by molar-refractivity contribution is 7.14. The average Bonchev–Trinajstić information content (AvgIpc) is 2.79. The standard InChI is InChI=1S/C13H12N2O3S/c1-2-8-7-19-13(14)11(8)12(16)9-5-3-4-6-10(9)15(17)18/h3-7H,2,14H2,1H3. The molecule has 1 aromatic heterocycles. The summed E-state index contributed by atoms with van der Waals surface area (Å²) in [6.07, 6.45) is 0.662. The van der Waals surface area contributed by atoms with Crippen molar-refractivity contribution in [2.45, 2.75) is 13.3 Å². The molecule has 0 radical (unpaired) electrons. The second kappa shape index (κ2) is 5.19. The second-order valence-electron chi connectivity index (χ2n) is 3.96. The van der Waals surface area contributed by atoms with Crippen LogP contribution < -0.4 is 5.73 Å². The summed E-state index contributed by atoms with van der Waals surface area (Å²) in [4.78, 5) is 22.9. The monoisotopic (exact) mass is 276 g/mol. The van der Waals surface area contributed by atoms with Crippen LogP contribution in [0.2, 0.25) is 0 Å². The Morgan fingerprint density at radius 3 is 2.74 bits per heavy atom. The van der Waals surface area contributed by atoms with Gasteiger partial charge < -0.3 is 5.73 Å². The van der Waals surface area contributed by atoms with Crippen molar-refractivity contribution in [2.75, 3.05) is 5.73 Å². The first-order valence-corrected chi connectivity index (χ1v) is 6.58. The molecular weight excluding hydrogens is 264 g/mol. The Labute approximate surface area is 113 Å². The first-order valence-electron chi connectivity index (χ1n) is 5.70. The number of hydrogen-bond acceptors (Lipinski definition) is 5. The topological polar surface area (TPSA) is 86.2 Å². The summed E-state index contributed by atoms with van der Waals surface area (Å²) in [5, 5.41) is 13.2. The van der Waals surface area contributed by atoms with Crippen molar-refractivity contribution in [1.29, 1.82) is 0 Å². The molecule has 1 heterocycles. The summed E-state index contributed by atoms with van der Waals surface area (Å²) < 4.78 is 0. The Bertz CT molecular complexity index is 649. The summed E-state index contributed by atoms with van der Waals surface area (Å²) >= 11 is 1.28. The van der Waals surface area contributed by atoms with E-state index < -0.39 is 4.92 Å². The number of thiophene rings is 1. The third kappa shape index (κ3) is 2.34. The van der Waals surface area contributed by atoms with E-state index in [0.717, 1.165) is 5.56 Å². The molecule has 0 spiro atoms. The molecule has 6 heteroatoms. The number of carbonyl (C=O) groups is 1. The predicted molar refractivity (Wildman–Crippen MR) is 74.6 cm³/mol. The number of carbonyl (C=O) groups excluding carboxylic acids is 1. The van der Waals surface area contributed by atoms with E-state index in [-0.39, 0.29) is 17.0 Å². The number of benzene rings is 1. The normalized spacial score (nSPS) is 10.4. The molecule has 2 rings (SSSR count). The molecular formula is C13H12N2O3S. The maximum Gasteiger partial charge on any atom is 0.280 e. The van der Waals surface area contributed by atoms with Crippen molar-refractivity contribution in [3.05, 3.63) is 56.5 Å². The number of rotatable bonds is 4. The maximum absolute atomic E-state index is 12.5. The zero-order valence-corrected chi connectivity index (χ0v) is 11.1. The van der Waals surface area contributed by atoms with Crippen LogP contribution in [-0.4, -0.2) is 10.7 Å². The molecule has 2 N–H and O–H groups in total. The first-order chi connectivity index (χ1) is 9.06. The van der Waals surface area contributed by atoms with Gasteiger partial charge in [-0.3, -0.25) is 14.9 Å². The average molecular weight is 276 g/mol. The fraction of sp³-hybridized carbons (Fsp3) is 0.154. The highest BCUT2D eigenvalue weighted by atomic mass is 32.1. The Kier molecular flexibility index (Phi) is 3.62. The Balaban J connectivity index is 2.56. The largest absolute Gasteiger partial charge is 0.390 e. The molecule has 0 fully saturated rings. The van der Waals surface area contributed by atoms with Crippen LogP contribution in [0.3, 0.4) is 0 Å². The van der Waals surface area contributed by atoms with Gasteiger partial charge in [-0.05, 0) is 23.4 Å². The number of para-hydroxylation sites is 1. The van der Waals surface area contributed by atoms with Gasteiger partial charge in [-0.1, -0.05) is 19.1 Å². The van der Waals surface area contributed by atoms with E-state index in [1.807, 2.05) is 12.3 Å². The lowest BCUT2D eigenvalue weighted by molar-refractivity contribution is -0.385. The van der Waals surface area contributed by atoms with Crippen LogP contribution in [0.1, 0.15) is 28.4 Å². The zero-order valence-electron chi connectivity index (χ0n) is 10.3. The lowest BCUT2D eigenvalue weighted by Gasteiger charge is -2.04. The molecule has 98 valence electrons. The maximum atomic E-state index is 12.5. The van der Waals surface area contributed by atoms with Gasteiger partial charge in [0.2, 0.25) is 5.78 Å². The summed E-state index contributed by atoms with van der Waals surface area (Å²) in [6, 6.07) is 5.92. The number of anilines is 1. The van der Waals surface area contributed by atoms with Crippen molar-refractivity contribution in [3.8, 4) is 0 Å². The van der Waals surface area contributed by atoms with Crippen molar-refractivity contribution in [2.24, 2.45) is 0 Å². The van der Waals surface area contributed by atoms with Crippen molar-refractivity contribution >= 4 is 27.8 Å². The van der Waals surface area contributed by atoms with Crippen molar-refractivity contribution in [3.63, 3.8) is 0 Å². The first kappa shape index (κ1) is 13.2. The van der Waals surface area contributed by atoms with Gasteiger partial charge in [0.25, 0.3) is 5.69 Å². The van der Waals surface area contributed by atoms with E-state index >= 15 is 0 Å². The van der Waals surface area contributed by atoms with Gasteiger partial charge in [0, 0.05) is 6.07 Å². The van der Waals surface area contributed by atoms with Gasteiger partial charge in [0.1, 0.15) is 5.56 Å². The van der Waals surface area contributed by atoms with Crippen LogP contribution in [0.5, 0.6) is 0 Å². The molecule has 0 atom stereocenters. The number of aryl methyl sites for hydroxylation is 1. The molecule has 0 unspecified atom stereocenters. The van der Waals surface area contributed by atoms with Gasteiger partial charge in [0.15, 0.2) is 0 Å². The number of ketones is 1. The number of nitrogens with zero attached hydrogens (tertiary/aromatic N) is 1. The van der Waals surface area contributed by atoms with E-state index in [1.54, 1.807) is 6.07 Å². The number of nitrogens with two attached hydrogens (primary N) is 1. The molecule has 2 aromatic rings. The number of nitrogen functional groups attached to an aromatic ring is 1. The quantitative estimate of drug-likeness (QED) is 0.528. The summed E-state index contributed by atoms with van der Waals surface area (Å²) in [5.41, 5.74) is 6.91. The lowest BCUT2D eigenvalue weighted by Crippen LogP contribution is -2.08. The van der Waals surface area contributed by atoms with E-state index in [2.05, 4.69) is 0 Å². The minimum atomic E-state index is -0.554. The molecule has 1 aromatic carbocycles. The van der Waals surface area contributed by atoms with Crippen LogP contribution in [0.25, 0.3) is 0 Å². The molecule has 0 saturated heterocycles. The van der Waals surface area contributed by atoms with Crippen LogP contribution >= 0.6 is 11.3 Å². The number of nitro benzene ring substituents is 1. The summed E-state index contributed by atoms with van der Waals surface area (Å²) in [5.74, 6) is -0.386. The number of hydrogen-bond donors (Lipinski definition) is 1. The molecule has 0 aliphatic carbocycles. The third-order valence-electron chi connectivity index (χ3n) is 2.85. The molecule has 0 aliphatic heterocycles. The zero-order chi connectivity index (χ0) is 14.0. The fourth-order valence-electron chi connectivity index (χ4n) is 1.89. The molecule has 0 saturated carbocycles. The smallest absolute Gasteiger partial charge is 0.280 e. The summed E-state index contributed by atoms with van der Waals surface area (Å²) in [6.45, 7) is 1.91. The van der Waals surface area contributed by atoms with Gasteiger partial charge in [-0.25, -0.2) is 0 Å². The molecule has 0 aliphatic rings. The van der Waals surface area contributed by atoms with E-state index in [0.29, 0.717) is 17.0 Å². The van der Waals surface area contributed by atoms with E-state index in [9.17, 15) is 14.9 Å². The van der Waals surface area contributed by atoms with Crippen molar-refractivity contribution < 1.29 is 9.72 Å². The number of nitro groups is 1. The van der Waals surface area contributed by atoms with Crippen LogP contribution in [0.15, 0.2) is 29.6 Å². The van der Waals surface area contributed by atoms with E-state index in [1.165, 1.54) is 29.5 Å². The van der Waals surface area contributed by atoms with Gasteiger partial charge in [-0.15, -0.1) is 11.3 Å². The minimum absolute atomic E-state index is 0.0762. The van der Waals surface area contributed by atoms with Crippen LogP contribution in [0, 0.1) is 10.1 Å². The minimum Gasteiger partial charge on any atom is -0.390 e. The SMILES string of the molecule is CCc1csc(N)c1C(=O)c1ccccc1[N+](=O)[O-]. The summed E-state index contributed by atoms with van der Waals surface area (Å²) in [7, 11) is 0.